The Morgan fingerprint density at radius 1 is 1.64 bits per heavy atom. The molecule has 1 aliphatic heterocycles. The number of hydrogen-bond donors (Lipinski definition) is 1. The van der Waals surface area contributed by atoms with Crippen LogP contribution in [-0.4, -0.2) is 23.8 Å². The van der Waals surface area contributed by atoms with E-state index in [0.29, 0.717) is 12.5 Å². The Balaban J connectivity index is 2.58. The molecular formula is C8H14O3. The quantitative estimate of drug-likeness (QED) is 0.655. The summed E-state index contributed by atoms with van der Waals surface area (Å²) in [6.45, 7) is 4.67. The third-order valence-electron chi connectivity index (χ3n) is 2.24. The largest absolute Gasteiger partial charge is 0.479 e. The molecule has 0 aromatic rings. The van der Waals surface area contributed by atoms with Gasteiger partial charge in [-0.15, -0.1) is 0 Å². The van der Waals surface area contributed by atoms with E-state index < -0.39 is 12.1 Å². The fraction of sp³-hybridized carbons (Fsp3) is 0.875. The van der Waals surface area contributed by atoms with Gasteiger partial charge in [0, 0.05) is 12.5 Å². The smallest absolute Gasteiger partial charge is 0.333 e. The standard InChI is InChI=1S/C8H14O3/c1-5(2)6-3-4-11-7(6)8(9)10/h5-7H,3-4H2,1-2H3,(H,9,10)/t6-,7-/m0/s1. The molecule has 0 saturated carbocycles. The predicted octanol–water partition coefficient (Wildman–Crippen LogP) is 1.13. The molecule has 2 atom stereocenters. The molecule has 3 nitrogen and oxygen atoms in total. The van der Waals surface area contributed by atoms with E-state index in [1.807, 2.05) is 13.8 Å². The maximum atomic E-state index is 10.6. The second-order valence-corrected chi connectivity index (χ2v) is 3.33. The van der Waals surface area contributed by atoms with Crippen LogP contribution in [0.5, 0.6) is 0 Å². The third kappa shape index (κ3) is 1.71. The molecule has 0 aromatic heterocycles. The Labute approximate surface area is 66.4 Å². The van der Waals surface area contributed by atoms with Crippen LogP contribution in [0.4, 0.5) is 0 Å². The Hall–Kier alpha value is -0.570. The van der Waals surface area contributed by atoms with Gasteiger partial charge < -0.3 is 9.84 Å². The normalized spacial score (nSPS) is 31.2. The maximum Gasteiger partial charge on any atom is 0.333 e. The Morgan fingerprint density at radius 3 is 2.64 bits per heavy atom. The van der Waals surface area contributed by atoms with E-state index in [4.69, 9.17) is 9.84 Å². The van der Waals surface area contributed by atoms with Crippen LogP contribution < -0.4 is 0 Å². The fourth-order valence-corrected chi connectivity index (χ4v) is 1.54. The first-order valence-electron chi connectivity index (χ1n) is 3.97. The van der Waals surface area contributed by atoms with Gasteiger partial charge in [0.05, 0.1) is 0 Å². The average molecular weight is 158 g/mol. The van der Waals surface area contributed by atoms with E-state index in [1.54, 1.807) is 0 Å². The van der Waals surface area contributed by atoms with Gasteiger partial charge in [-0.25, -0.2) is 4.79 Å². The SMILES string of the molecule is CC(C)[C@@H]1CCO[C@@H]1C(=O)O. The van der Waals surface area contributed by atoms with Gasteiger partial charge in [-0.2, -0.15) is 0 Å². The van der Waals surface area contributed by atoms with Crippen molar-refractivity contribution in [3.05, 3.63) is 0 Å². The first kappa shape index (κ1) is 8.53. The summed E-state index contributed by atoms with van der Waals surface area (Å²) in [4.78, 5) is 10.6. The lowest BCUT2D eigenvalue weighted by Crippen LogP contribution is -2.29. The van der Waals surface area contributed by atoms with Crippen molar-refractivity contribution in [2.24, 2.45) is 11.8 Å². The molecule has 0 spiro atoms. The van der Waals surface area contributed by atoms with Crippen LogP contribution in [0.1, 0.15) is 20.3 Å². The highest BCUT2D eigenvalue weighted by atomic mass is 16.5. The van der Waals surface area contributed by atoms with Gasteiger partial charge in [-0.1, -0.05) is 13.8 Å². The Bertz CT molecular complexity index is 153. The van der Waals surface area contributed by atoms with Crippen molar-refractivity contribution in [3.63, 3.8) is 0 Å². The lowest BCUT2D eigenvalue weighted by Gasteiger charge is -2.17. The fourth-order valence-electron chi connectivity index (χ4n) is 1.54. The zero-order chi connectivity index (χ0) is 8.43. The molecule has 0 amide bonds. The number of ether oxygens (including phenoxy) is 1. The molecule has 0 radical (unpaired) electrons. The highest BCUT2D eigenvalue weighted by molar-refractivity contribution is 5.73. The molecule has 1 heterocycles. The molecule has 3 heteroatoms. The number of hydrogen-bond acceptors (Lipinski definition) is 2. The van der Waals surface area contributed by atoms with Crippen LogP contribution >= 0.6 is 0 Å². The minimum atomic E-state index is -0.818. The first-order valence-corrected chi connectivity index (χ1v) is 3.97. The van der Waals surface area contributed by atoms with E-state index >= 15 is 0 Å². The molecule has 64 valence electrons. The molecule has 11 heavy (non-hydrogen) atoms. The highest BCUT2D eigenvalue weighted by Gasteiger charge is 2.35. The van der Waals surface area contributed by atoms with E-state index in [-0.39, 0.29) is 5.92 Å². The number of aliphatic carboxylic acids is 1. The monoisotopic (exact) mass is 158 g/mol. The molecule has 1 saturated heterocycles. The second-order valence-electron chi connectivity index (χ2n) is 3.33. The second kappa shape index (κ2) is 3.22. The van der Waals surface area contributed by atoms with E-state index in [9.17, 15) is 4.79 Å². The molecule has 0 aromatic carbocycles. The summed E-state index contributed by atoms with van der Waals surface area (Å²) in [5, 5.41) is 8.71. The first-order chi connectivity index (χ1) is 5.13. The molecule has 1 aliphatic rings. The van der Waals surface area contributed by atoms with Crippen LogP contribution in [0.15, 0.2) is 0 Å². The summed E-state index contributed by atoms with van der Waals surface area (Å²) in [6, 6.07) is 0. The zero-order valence-corrected chi connectivity index (χ0v) is 6.91. The van der Waals surface area contributed by atoms with Crippen molar-refractivity contribution >= 4 is 5.97 Å². The van der Waals surface area contributed by atoms with Crippen molar-refractivity contribution in [2.45, 2.75) is 26.4 Å². The van der Waals surface area contributed by atoms with Gasteiger partial charge in [0.1, 0.15) is 0 Å². The number of rotatable bonds is 2. The summed E-state index contributed by atoms with van der Waals surface area (Å²) >= 11 is 0. The minimum Gasteiger partial charge on any atom is -0.479 e. The van der Waals surface area contributed by atoms with Gasteiger partial charge in [0.2, 0.25) is 0 Å². The summed E-state index contributed by atoms with van der Waals surface area (Å²) in [6.07, 6.45) is 0.323. The van der Waals surface area contributed by atoms with Crippen molar-refractivity contribution in [3.8, 4) is 0 Å². The van der Waals surface area contributed by atoms with Crippen molar-refractivity contribution in [1.82, 2.24) is 0 Å². The highest BCUT2D eigenvalue weighted by Crippen LogP contribution is 2.27. The number of carboxylic acid groups (broad SMARTS) is 1. The number of carbonyl (C=O) groups is 1. The summed E-state index contributed by atoms with van der Waals surface area (Å²) in [5.41, 5.74) is 0. The van der Waals surface area contributed by atoms with Crippen LogP contribution in [0.25, 0.3) is 0 Å². The van der Waals surface area contributed by atoms with Gasteiger partial charge in [-0.05, 0) is 12.3 Å². The Morgan fingerprint density at radius 2 is 2.27 bits per heavy atom. The zero-order valence-electron chi connectivity index (χ0n) is 6.91. The van der Waals surface area contributed by atoms with Crippen molar-refractivity contribution < 1.29 is 14.6 Å². The molecular weight excluding hydrogens is 144 g/mol. The van der Waals surface area contributed by atoms with Crippen LogP contribution in [0.3, 0.4) is 0 Å². The van der Waals surface area contributed by atoms with Crippen molar-refractivity contribution in [2.75, 3.05) is 6.61 Å². The van der Waals surface area contributed by atoms with E-state index in [1.165, 1.54) is 0 Å². The minimum absolute atomic E-state index is 0.201. The summed E-state index contributed by atoms with van der Waals surface area (Å²) in [7, 11) is 0. The Kier molecular flexibility index (Phi) is 2.49. The summed E-state index contributed by atoms with van der Waals surface area (Å²) < 4.78 is 5.09. The number of carboxylic acids is 1. The molecule has 1 rings (SSSR count). The van der Waals surface area contributed by atoms with E-state index in [0.717, 1.165) is 6.42 Å². The lowest BCUT2D eigenvalue weighted by atomic mass is 9.90. The van der Waals surface area contributed by atoms with Gasteiger partial charge >= 0.3 is 5.97 Å². The van der Waals surface area contributed by atoms with Crippen LogP contribution in [-0.2, 0) is 9.53 Å². The van der Waals surface area contributed by atoms with Crippen LogP contribution in [0, 0.1) is 11.8 Å². The maximum absolute atomic E-state index is 10.6. The van der Waals surface area contributed by atoms with E-state index in [2.05, 4.69) is 0 Å². The third-order valence-corrected chi connectivity index (χ3v) is 2.24. The summed E-state index contributed by atoms with van der Waals surface area (Å²) in [5.74, 6) is -0.215. The van der Waals surface area contributed by atoms with Gasteiger partial charge in [0.25, 0.3) is 0 Å². The topological polar surface area (TPSA) is 46.5 Å². The molecule has 1 fully saturated rings. The molecule has 1 N–H and O–H groups in total. The van der Waals surface area contributed by atoms with Gasteiger partial charge in [-0.3, -0.25) is 0 Å². The lowest BCUT2D eigenvalue weighted by molar-refractivity contribution is -0.149. The average Bonchev–Trinajstić information content (AvgIpc) is 2.32. The van der Waals surface area contributed by atoms with Gasteiger partial charge in [0.15, 0.2) is 6.10 Å². The molecule has 0 aliphatic carbocycles. The molecule has 0 unspecified atom stereocenters. The van der Waals surface area contributed by atoms with Crippen LogP contribution in [0.2, 0.25) is 0 Å². The van der Waals surface area contributed by atoms with Crippen molar-refractivity contribution in [1.29, 1.82) is 0 Å². The molecule has 0 bridgehead atoms. The predicted molar refractivity (Wildman–Crippen MR) is 40.3 cm³/mol.